The molecule has 0 saturated carbocycles. The molecule has 0 aliphatic heterocycles. The molecule has 1 atom stereocenters. The van der Waals surface area contributed by atoms with E-state index < -0.39 is 0 Å². The van der Waals surface area contributed by atoms with Crippen molar-refractivity contribution < 1.29 is 4.39 Å². The van der Waals surface area contributed by atoms with Crippen LogP contribution in [-0.4, -0.2) is 4.98 Å². The molecular weight excluding hydrogens is 333 g/mol. The minimum Gasteiger partial charge on any atom is -0.271 e. The lowest BCUT2D eigenvalue weighted by Crippen LogP contribution is -2.30. The minimum absolute atomic E-state index is 0.158. The molecule has 100 valence electrons. The van der Waals surface area contributed by atoms with Crippen LogP contribution in [0, 0.1) is 5.82 Å². The number of nitrogens with two attached hydrogens (primary N) is 1. The summed E-state index contributed by atoms with van der Waals surface area (Å²) in [6.07, 6.45) is 2.17. The highest BCUT2D eigenvalue weighted by atomic mass is 79.9. The largest absolute Gasteiger partial charge is 0.271 e. The van der Waals surface area contributed by atoms with Crippen LogP contribution >= 0.6 is 27.5 Å². The second-order valence-corrected chi connectivity index (χ2v) is 5.36. The van der Waals surface area contributed by atoms with Gasteiger partial charge >= 0.3 is 0 Å². The van der Waals surface area contributed by atoms with E-state index in [-0.39, 0.29) is 11.9 Å². The monoisotopic (exact) mass is 343 g/mol. The van der Waals surface area contributed by atoms with Crippen LogP contribution < -0.4 is 11.3 Å². The summed E-state index contributed by atoms with van der Waals surface area (Å²) in [7, 11) is 0. The van der Waals surface area contributed by atoms with Crippen molar-refractivity contribution in [3.05, 3.63) is 63.1 Å². The maximum atomic E-state index is 13.2. The number of hydrogen-bond donors (Lipinski definition) is 2. The number of halogens is 3. The summed E-state index contributed by atoms with van der Waals surface area (Å²) in [6.45, 7) is 0. The van der Waals surface area contributed by atoms with Gasteiger partial charge in [0.1, 0.15) is 5.82 Å². The molecule has 0 aliphatic carbocycles. The summed E-state index contributed by atoms with van der Waals surface area (Å²) in [6, 6.07) is 8.29. The average Bonchev–Trinajstić information content (AvgIpc) is 2.41. The lowest BCUT2D eigenvalue weighted by Gasteiger charge is -2.15. The van der Waals surface area contributed by atoms with E-state index in [2.05, 4.69) is 26.3 Å². The van der Waals surface area contributed by atoms with Gasteiger partial charge in [-0.25, -0.2) is 4.39 Å². The first kappa shape index (κ1) is 14.4. The summed E-state index contributed by atoms with van der Waals surface area (Å²) < 4.78 is 13.6. The van der Waals surface area contributed by atoms with E-state index in [9.17, 15) is 4.39 Å². The Morgan fingerprint density at radius 3 is 2.74 bits per heavy atom. The van der Waals surface area contributed by atoms with Gasteiger partial charge in [-0.2, -0.15) is 0 Å². The molecule has 6 heteroatoms. The molecule has 3 nitrogen and oxygen atoms in total. The fourth-order valence-corrected chi connectivity index (χ4v) is 2.28. The molecule has 0 amide bonds. The van der Waals surface area contributed by atoms with Crippen molar-refractivity contribution >= 4 is 27.5 Å². The minimum atomic E-state index is -0.286. The summed E-state index contributed by atoms with van der Waals surface area (Å²) in [5.41, 5.74) is 4.44. The Morgan fingerprint density at radius 2 is 2.16 bits per heavy atom. The molecular formula is C13H12BrClFN3. The summed E-state index contributed by atoms with van der Waals surface area (Å²) in [5.74, 6) is 5.26. The molecule has 1 unspecified atom stereocenters. The van der Waals surface area contributed by atoms with Gasteiger partial charge in [-0.1, -0.05) is 17.7 Å². The molecule has 0 saturated heterocycles. The van der Waals surface area contributed by atoms with Crippen molar-refractivity contribution in [3.8, 4) is 0 Å². The zero-order valence-corrected chi connectivity index (χ0v) is 12.2. The Kier molecular flexibility index (Phi) is 4.87. The third kappa shape index (κ3) is 3.73. The van der Waals surface area contributed by atoms with Crippen LogP contribution in [0.5, 0.6) is 0 Å². The molecule has 0 radical (unpaired) electrons. The highest BCUT2D eigenvalue weighted by molar-refractivity contribution is 9.10. The quantitative estimate of drug-likeness (QED) is 0.660. The predicted octanol–water partition coefficient (Wildman–Crippen LogP) is 3.38. The van der Waals surface area contributed by atoms with Gasteiger partial charge in [0.15, 0.2) is 0 Å². The molecule has 1 aromatic carbocycles. The number of rotatable bonds is 4. The first-order chi connectivity index (χ1) is 9.10. The van der Waals surface area contributed by atoms with Gasteiger partial charge in [-0.15, -0.1) is 0 Å². The lowest BCUT2D eigenvalue weighted by atomic mass is 10.0. The van der Waals surface area contributed by atoms with E-state index in [0.29, 0.717) is 15.9 Å². The number of pyridine rings is 1. The zero-order valence-electron chi connectivity index (χ0n) is 9.91. The summed E-state index contributed by atoms with van der Waals surface area (Å²) >= 11 is 8.96. The van der Waals surface area contributed by atoms with Gasteiger partial charge in [0, 0.05) is 6.20 Å². The second-order valence-electron chi connectivity index (χ2n) is 4.07. The zero-order chi connectivity index (χ0) is 13.8. The Hall–Kier alpha value is -1.01. The molecule has 1 heterocycles. The Morgan fingerprint density at radius 1 is 1.37 bits per heavy atom. The lowest BCUT2D eigenvalue weighted by molar-refractivity contribution is 0.537. The van der Waals surface area contributed by atoms with E-state index in [1.807, 2.05) is 6.07 Å². The van der Waals surface area contributed by atoms with Crippen LogP contribution in [0.25, 0.3) is 0 Å². The number of benzene rings is 1. The smallest absolute Gasteiger partial charge is 0.137 e. The van der Waals surface area contributed by atoms with E-state index in [1.54, 1.807) is 24.4 Å². The number of aromatic nitrogens is 1. The van der Waals surface area contributed by atoms with Crippen molar-refractivity contribution in [2.75, 3.05) is 0 Å². The topological polar surface area (TPSA) is 50.9 Å². The van der Waals surface area contributed by atoms with Gasteiger partial charge in [0.25, 0.3) is 0 Å². The van der Waals surface area contributed by atoms with Crippen molar-refractivity contribution in [2.45, 2.75) is 12.5 Å². The van der Waals surface area contributed by atoms with Crippen LogP contribution in [0.2, 0.25) is 5.02 Å². The van der Waals surface area contributed by atoms with Gasteiger partial charge in [-0.05, 0) is 52.2 Å². The molecule has 3 N–H and O–H groups in total. The maximum Gasteiger partial charge on any atom is 0.137 e. The molecule has 0 bridgehead atoms. The fraction of sp³-hybridized carbons (Fsp3) is 0.154. The molecule has 2 rings (SSSR count). The van der Waals surface area contributed by atoms with Crippen LogP contribution in [0.4, 0.5) is 4.39 Å². The van der Waals surface area contributed by atoms with Crippen LogP contribution in [-0.2, 0) is 6.42 Å². The number of hydrazine groups is 1. The van der Waals surface area contributed by atoms with Crippen molar-refractivity contribution in [3.63, 3.8) is 0 Å². The van der Waals surface area contributed by atoms with E-state index in [1.165, 1.54) is 6.07 Å². The number of hydrogen-bond acceptors (Lipinski definition) is 3. The van der Waals surface area contributed by atoms with Gasteiger partial charge in [0.05, 0.1) is 21.2 Å². The van der Waals surface area contributed by atoms with Gasteiger partial charge in [-0.3, -0.25) is 16.3 Å². The second kappa shape index (κ2) is 6.43. The Bertz CT molecular complexity index is 562. The molecule has 0 aliphatic rings. The highest BCUT2D eigenvalue weighted by Crippen LogP contribution is 2.21. The average molecular weight is 345 g/mol. The van der Waals surface area contributed by atoms with Gasteiger partial charge < -0.3 is 0 Å². The fourth-order valence-electron chi connectivity index (χ4n) is 1.74. The number of nitrogens with one attached hydrogen (secondary N) is 1. The molecule has 1 aromatic heterocycles. The van der Waals surface area contributed by atoms with Crippen molar-refractivity contribution in [1.29, 1.82) is 0 Å². The number of nitrogens with zero attached hydrogens (tertiary/aromatic N) is 1. The predicted molar refractivity (Wildman–Crippen MR) is 77.1 cm³/mol. The molecule has 0 fully saturated rings. The summed E-state index contributed by atoms with van der Waals surface area (Å²) in [5, 5.41) is 0.573. The Labute approximate surface area is 124 Å². The van der Waals surface area contributed by atoms with Crippen LogP contribution in [0.15, 0.2) is 41.0 Å². The first-order valence-electron chi connectivity index (χ1n) is 5.61. The molecule has 2 aromatic rings. The third-order valence-corrected chi connectivity index (χ3v) is 3.56. The van der Waals surface area contributed by atoms with Crippen molar-refractivity contribution in [2.24, 2.45) is 5.84 Å². The third-order valence-electron chi connectivity index (χ3n) is 2.73. The van der Waals surface area contributed by atoms with Crippen LogP contribution in [0.3, 0.4) is 0 Å². The van der Waals surface area contributed by atoms with E-state index in [4.69, 9.17) is 17.4 Å². The Balaban J connectivity index is 2.18. The van der Waals surface area contributed by atoms with Gasteiger partial charge in [0.2, 0.25) is 0 Å². The SMILES string of the molecule is NNC(Cc1ccc(F)c(Br)c1)c1ccc(Cl)cn1. The van der Waals surface area contributed by atoms with Crippen molar-refractivity contribution in [1.82, 2.24) is 10.4 Å². The van der Waals surface area contributed by atoms with E-state index >= 15 is 0 Å². The standard InChI is InChI=1S/C13H12BrClFN3/c14-10-5-8(1-3-11(10)16)6-13(19-17)12-4-2-9(15)7-18-12/h1-5,7,13,19H,6,17H2. The first-order valence-corrected chi connectivity index (χ1v) is 6.78. The molecule has 0 spiro atoms. The maximum absolute atomic E-state index is 13.2. The van der Waals surface area contributed by atoms with E-state index in [0.717, 1.165) is 11.3 Å². The highest BCUT2D eigenvalue weighted by Gasteiger charge is 2.13. The summed E-state index contributed by atoms with van der Waals surface area (Å²) in [4.78, 5) is 4.23. The van der Waals surface area contributed by atoms with Crippen LogP contribution in [0.1, 0.15) is 17.3 Å². The molecule has 19 heavy (non-hydrogen) atoms. The normalized spacial score (nSPS) is 12.4.